The number of methoxy groups -OCH3 is 1. The van der Waals surface area contributed by atoms with Crippen molar-refractivity contribution in [3.8, 4) is 0 Å². The predicted molar refractivity (Wildman–Crippen MR) is 61.4 cm³/mol. The Morgan fingerprint density at radius 3 is 3.06 bits per heavy atom. The van der Waals surface area contributed by atoms with Crippen LogP contribution in [-0.2, 0) is 14.3 Å². The van der Waals surface area contributed by atoms with Crippen LogP contribution < -0.4 is 5.32 Å². The van der Waals surface area contributed by atoms with Crippen LogP contribution in [-0.4, -0.2) is 63.9 Å². The summed E-state index contributed by atoms with van der Waals surface area (Å²) < 4.78 is 10.2. The van der Waals surface area contributed by atoms with Crippen molar-refractivity contribution in [2.45, 2.75) is 12.8 Å². The van der Waals surface area contributed by atoms with E-state index in [1.807, 2.05) is 4.90 Å². The molecule has 5 nitrogen and oxygen atoms in total. The van der Waals surface area contributed by atoms with E-state index in [9.17, 15) is 4.79 Å². The zero-order valence-electron chi connectivity index (χ0n) is 10.0. The number of hydrogen-bond donors (Lipinski definition) is 1. The van der Waals surface area contributed by atoms with Crippen LogP contribution in [0.4, 0.5) is 0 Å². The van der Waals surface area contributed by atoms with Gasteiger partial charge in [0.25, 0.3) is 0 Å². The van der Waals surface area contributed by atoms with E-state index < -0.39 is 0 Å². The van der Waals surface area contributed by atoms with E-state index >= 15 is 0 Å². The van der Waals surface area contributed by atoms with E-state index in [2.05, 4.69) is 5.32 Å². The second-order valence-corrected chi connectivity index (χ2v) is 3.87. The third-order valence-electron chi connectivity index (χ3n) is 2.56. The van der Waals surface area contributed by atoms with Crippen LogP contribution in [0.2, 0.25) is 0 Å². The van der Waals surface area contributed by atoms with Gasteiger partial charge in [-0.25, -0.2) is 0 Å². The lowest BCUT2D eigenvalue weighted by molar-refractivity contribution is -0.129. The Hall–Kier alpha value is -0.650. The van der Waals surface area contributed by atoms with Gasteiger partial charge in [-0.2, -0.15) is 0 Å². The summed E-state index contributed by atoms with van der Waals surface area (Å²) in [6, 6.07) is 0. The Morgan fingerprint density at radius 2 is 2.25 bits per heavy atom. The molecule has 0 aromatic heterocycles. The summed E-state index contributed by atoms with van der Waals surface area (Å²) in [7, 11) is 1.66. The number of nitrogens with zero attached hydrogens (tertiary/aromatic N) is 1. The first-order valence-electron chi connectivity index (χ1n) is 5.90. The lowest BCUT2D eigenvalue weighted by Gasteiger charge is -2.19. The molecular weight excluding hydrogens is 208 g/mol. The molecule has 0 bridgehead atoms. The number of ether oxygens (including phenoxy) is 2. The van der Waals surface area contributed by atoms with E-state index in [1.54, 1.807) is 7.11 Å². The lowest BCUT2D eigenvalue weighted by Crippen LogP contribution is -2.35. The summed E-state index contributed by atoms with van der Waals surface area (Å²) in [6.07, 6.45) is 1.94. The molecular formula is C11H22N2O3. The van der Waals surface area contributed by atoms with E-state index in [0.29, 0.717) is 26.4 Å². The normalized spacial score (nSPS) is 17.6. The molecule has 5 heteroatoms. The first-order valence-corrected chi connectivity index (χ1v) is 5.90. The van der Waals surface area contributed by atoms with Gasteiger partial charge in [-0.15, -0.1) is 0 Å². The highest BCUT2D eigenvalue weighted by Gasteiger charge is 2.14. The molecule has 0 aromatic carbocycles. The minimum atomic E-state index is 0.203. The van der Waals surface area contributed by atoms with Crippen molar-refractivity contribution >= 4 is 5.91 Å². The van der Waals surface area contributed by atoms with Gasteiger partial charge in [0.1, 0.15) is 0 Å². The smallest absolute Gasteiger partial charge is 0.236 e. The summed E-state index contributed by atoms with van der Waals surface area (Å²) in [5, 5.41) is 3.11. The third-order valence-corrected chi connectivity index (χ3v) is 2.56. The van der Waals surface area contributed by atoms with Gasteiger partial charge in [-0.1, -0.05) is 0 Å². The number of carbonyl (C=O) groups is 1. The zero-order valence-corrected chi connectivity index (χ0v) is 10.0. The molecule has 0 radical (unpaired) electrons. The van der Waals surface area contributed by atoms with Crippen molar-refractivity contribution in [3.05, 3.63) is 0 Å². The molecule has 16 heavy (non-hydrogen) atoms. The molecule has 1 amide bonds. The second kappa shape index (κ2) is 8.50. The maximum absolute atomic E-state index is 11.6. The highest BCUT2D eigenvalue weighted by molar-refractivity contribution is 5.78. The molecule has 1 aliphatic heterocycles. The monoisotopic (exact) mass is 230 g/mol. The minimum Gasteiger partial charge on any atom is -0.382 e. The largest absolute Gasteiger partial charge is 0.382 e. The number of nitrogens with one attached hydrogen (secondary N) is 1. The molecule has 1 fully saturated rings. The van der Waals surface area contributed by atoms with E-state index in [1.165, 1.54) is 0 Å². The third kappa shape index (κ3) is 5.44. The van der Waals surface area contributed by atoms with Crippen molar-refractivity contribution < 1.29 is 14.3 Å². The molecule has 1 rings (SSSR count). The molecule has 0 aliphatic carbocycles. The van der Waals surface area contributed by atoms with Gasteiger partial charge in [0.05, 0.1) is 19.8 Å². The first kappa shape index (κ1) is 13.4. The van der Waals surface area contributed by atoms with E-state index in [-0.39, 0.29) is 5.91 Å². The van der Waals surface area contributed by atoms with E-state index in [0.717, 1.165) is 32.5 Å². The van der Waals surface area contributed by atoms with Crippen LogP contribution in [0, 0.1) is 0 Å². The number of amides is 1. The van der Waals surface area contributed by atoms with Crippen molar-refractivity contribution in [3.63, 3.8) is 0 Å². The zero-order chi connectivity index (χ0) is 11.6. The summed E-state index contributed by atoms with van der Waals surface area (Å²) in [5.41, 5.74) is 0. The molecule has 0 atom stereocenters. The molecule has 1 N–H and O–H groups in total. The predicted octanol–water partition coefficient (Wildman–Crippen LogP) is -0.139. The van der Waals surface area contributed by atoms with Crippen molar-refractivity contribution in [1.29, 1.82) is 0 Å². The lowest BCUT2D eigenvalue weighted by atomic mass is 10.3. The second-order valence-electron chi connectivity index (χ2n) is 3.87. The first-order chi connectivity index (χ1) is 7.84. The Kier molecular flexibility index (Phi) is 7.12. The van der Waals surface area contributed by atoms with Gasteiger partial charge >= 0.3 is 0 Å². The molecule has 1 aliphatic rings. The summed E-state index contributed by atoms with van der Waals surface area (Å²) in [4.78, 5) is 13.5. The highest BCUT2D eigenvalue weighted by atomic mass is 16.5. The average molecular weight is 230 g/mol. The highest BCUT2D eigenvalue weighted by Crippen LogP contribution is 1.98. The Morgan fingerprint density at radius 1 is 1.38 bits per heavy atom. The summed E-state index contributed by atoms with van der Waals surface area (Å²) in [5.74, 6) is 0.203. The molecule has 0 unspecified atom stereocenters. The fraction of sp³-hybridized carbons (Fsp3) is 0.909. The van der Waals surface area contributed by atoms with Crippen LogP contribution >= 0.6 is 0 Å². The van der Waals surface area contributed by atoms with Crippen LogP contribution in [0.15, 0.2) is 0 Å². The van der Waals surface area contributed by atoms with Gasteiger partial charge in [0.15, 0.2) is 0 Å². The molecule has 0 saturated carbocycles. The van der Waals surface area contributed by atoms with Gasteiger partial charge < -0.3 is 19.7 Å². The molecule has 0 spiro atoms. The van der Waals surface area contributed by atoms with Crippen LogP contribution in [0.5, 0.6) is 0 Å². The Labute approximate surface area is 97.1 Å². The molecule has 0 aromatic rings. The number of hydrogen-bond acceptors (Lipinski definition) is 4. The van der Waals surface area contributed by atoms with Gasteiger partial charge in [-0.3, -0.25) is 4.79 Å². The van der Waals surface area contributed by atoms with Crippen LogP contribution in [0.25, 0.3) is 0 Å². The van der Waals surface area contributed by atoms with Gasteiger partial charge in [-0.05, 0) is 19.4 Å². The minimum absolute atomic E-state index is 0.203. The van der Waals surface area contributed by atoms with Crippen molar-refractivity contribution in [2.24, 2.45) is 0 Å². The van der Waals surface area contributed by atoms with Gasteiger partial charge in [0, 0.05) is 26.8 Å². The van der Waals surface area contributed by atoms with Crippen LogP contribution in [0.3, 0.4) is 0 Å². The molecule has 94 valence electrons. The fourth-order valence-corrected chi connectivity index (χ4v) is 1.67. The summed E-state index contributed by atoms with van der Waals surface area (Å²) >= 11 is 0. The number of carbonyl (C=O) groups excluding carboxylic acids is 1. The SMILES string of the molecule is COCCOCCCN1CCCNCC1=O. The molecule has 1 saturated heterocycles. The van der Waals surface area contributed by atoms with Crippen molar-refractivity contribution in [1.82, 2.24) is 10.2 Å². The topological polar surface area (TPSA) is 50.8 Å². The van der Waals surface area contributed by atoms with Crippen LogP contribution in [0.1, 0.15) is 12.8 Å². The van der Waals surface area contributed by atoms with E-state index in [4.69, 9.17) is 9.47 Å². The quantitative estimate of drug-likeness (QED) is 0.619. The standard InChI is InChI=1S/C11H22N2O3/c1-15-8-9-16-7-3-6-13-5-2-4-12-10-11(13)14/h12H,2-10H2,1H3. The maximum Gasteiger partial charge on any atom is 0.236 e. The fourth-order valence-electron chi connectivity index (χ4n) is 1.67. The van der Waals surface area contributed by atoms with Gasteiger partial charge in [0.2, 0.25) is 5.91 Å². The Balaban J connectivity index is 2.04. The average Bonchev–Trinajstić information content (AvgIpc) is 2.49. The number of rotatable bonds is 7. The summed E-state index contributed by atoms with van der Waals surface area (Å²) in [6.45, 7) is 5.04. The molecule has 1 heterocycles. The maximum atomic E-state index is 11.6. The Bertz CT molecular complexity index is 200. The van der Waals surface area contributed by atoms with Crippen molar-refractivity contribution in [2.75, 3.05) is 53.1 Å².